The first-order valence-electron chi connectivity index (χ1n) is 10.1. The van der Waals surface area contributed by atoms with E-state index in [9.17, 15) is 4.79 Å². The predicted octanol–water partition coefficient (Wildman–Crippen LogP) is 2.05. The average Bonchev–Trinajstić information content (AvgIpc) is 2.68. The van der Waals surface area contributed by atoms with E-state index in [0.29, 0.717) is 0 Å². The Hall–Kier alpha value is -1.43. The van der Waals surface area contributed by atoms with Gasteiger partial charge in [-0.25, -0.2) is 0 Å². The summed E-state index contributed by atoms with van der Waals surface area (Å²) in [6.07, 6.45) is 2.97. The summed E-state index contributed by atoms with van der Waals surface area (Å²) in [6, 6.07) is 8.77. The van der Waals surface area contributed by atoms with E-state index in [0.717, 1.165) is 78.3 Å². The Kier molecular flexibility index (Phi) is 7.47. The van der Waals surface area contributed by atoms with Crippen LogP contribution in [0.1, 0.15) is 30.4 Å². The Morgan fingerprint density at radius 1 is 1.08 bits per heavy atom. The lowest BCUT2D eigenvalue weighted by Crippen LogP contribution is -2.41. The number of hydrogen-bond donors (Lipinski definition) is 1. The van der Waals surface area contributed by atoms with Crippen LogP contribution < -0.4 is 5.32 Å². The fourth-order valence-electron chi connectivity index (χ4n) is 3.79. The van der Waals surface area contributed by atoms with Gasteiger partial charge in [0.05, 0.1) is 13.2 Å². The van der Waals surface area contributed by atoms with Gasteiger partial charge in [0, 0.05) is 32.1 Å². The molecular weight excluding hydrogens is 326 g/mol. The highest BCUT2D eigenvalue weighted by molar-refractivity contribution is 5.78. The van der Waals surface area contributed by atoms with Gasteiger partial charge in [-0.15, -0.1) is 0 Å². The van der Waals surface area contributed by atoms with E-state index in [4.69, 9.17) is 4.74 Å². The molecule has 2 saturated heterocycles. The quantitative estimate of drug-likeness (QED) is 0.757. The average molecular weight is 360 g/mol. The third kappa shape index (κ3) is 6.08. The summed E-state index contributed by atoms with van der Waals surface area (Å²) in [7, 11) is 0. The summed E-state index contributed by atoms with van der Waals surface area (Å²) in [4.78, 5) is 17.3. The Labute approximate surface area is 157 Å². The molecule has 0 aliphatic carbocycles. The standard InChI is InChI=1S/C21H33N3O2/c1-18-3-5-19(6-4-18)17-24-11-7-20(8-12-24)21(25)22-9-2-10-23-13-15-26-16-14-23/h3-6,20H,2,7-17H2,1H3,(H,22,25). The molecule has 0 bridgehead atoms. The largest absolute Gasteiger partial charge is 0.379 e. The van der Waals surface area contributed by atoms with Crippen molar-refractivity contribution in [2.75, 3.05) is 52.5 Å². The van der Waals surface area contributed by atoms with Crippen LogP contribution in [0.15, 0.2) is 24.3 Å². The lowest BCUT2D eigenvalue weighted by molar-refractivity contribution is -0.126. The minimum Gasteiger partial charge on any atom is -0.379 e. The third-order valence-corrected chi connectivity index (χ3v) is 5.54. The second-order valence-electron chi connectivity index (χ2n) is 7.63. The van der Waals surface area contributed by atoms with Crippen LogP contribution in [0, 0.1) is 12.8 Å². The second-order valence-corrected chi connectivity index (χ2v) is 7.63. The number of likely N-dealkylation sites (tertiary alicyclic amines) is 1. The zero-order valence-corrected chi connectivity index (χ0v) is 16.1. The molecule has 5 heteroatoms. The highest BCUT2D eigenvalue weighted by Crippen LogP contribution is 2.19. The number of piperidine rings is 1. The fourth-order valence-corrected chi connectivity index (χ4v) is 3.79. The maximum Gasteiger partial charge on any atom is 0.223 e. The molecule has 26 heavy (non-hydrogen) atoms. The van der Waals surface area contributed by atoms with Gasteiger partial charge in [0.2, 0.25) is 5.91 Å². The number of hydrogen-bond acceptors (Lipinski definition) is 4. The first-order valence-corrected chi connectivity index (χ1v) is 10.1. The SMILES string of the molecule is Cc1ccc(CN2CCC(C(=O)NCCCN3CCOCC3)CC2)cc1. The number of ether oxygens (including phenoxy) is 1. The van der Waals surface area contributed by atoms with E-state index < -0.39 is 0 Å². The highest BCUT2D eigenvalue weighted by atomic mass is 16.5. The molecule has 5 nitrogen and oxygen atoms in total. The number of aryl methyl sites for hydroxylation is 1. The Morgan fingerprint density at radius 3 is 2.46 bits per heavy atom. The summed E-state index contributed by atoms with van der Waals surface area (Å²) in [5.74, 6) is 0.439. The molecule has 0 unspecified atom stereocenters. The summed E-state index contributed by atoms with van der Waals surface area (Å²) in [6.45, 7) is 10.7. The van der Waals surface area contributed by atoms with E-state index in [-0.39, 0.29) is 11.8 Å². The van der Waals surface area contributed by atoms with E-state index in [1.807, 2.05) is 0 Å². The van der Waals surface area contributed by atoms with Gasteiger partial charge < -0.3 is 10.1 Å². The van der Waals surface area contributed by atoms with E-state index in [1.54, 1.807) is 0 Å². The van der Waals surface area contributed by atoms with Gasteiger partial charge in [-0.2, -0.15) is 0 Å². The van der Waals surface area contributed by atoms with Gasteiger partial charge in [-0.05, 0) is 51.4 Å². The molecule has 1 aromatic carbocycles. The van der Waals surface area contributed by atoms with Crippen LogP contribution in [0.3, 0.4) is 0 Å². The van der Waals surface area contributed by atoms with Crippen molar-refractivity contribution in [2.24, 2.45) is 5.92 Å². The van der Waals surface area contributed by atoms with Gasteiger partial charge >= 0.3 is 0 Å². The minimum absolute atomic E-state index is 0.188. The van der Waals surface area contributed by atoms with E-state index >= 15 is 0 Å². The molecule has 1 N–H and O–H groups in total. The number of carbonyl (C=O) groups is 1. The molecule has 0 radical (unpaired) electrons. The van der Waals surface area contributed by atoms with Crippen LogP contribution in [0.2, 0.25) is 0 Å². The Morgan fingerprint density at radius 2 is 1.77 bits per heavy atom. The van der Waals surface area contributed by atoms with Crippen molar-refractivity contribution in [3.8, 4) is 0 Å². The monoisotopic (exact) mass is 359 g/mol. The first-order chi connectivity index (χ1) is 12.7. The molecule has 0 atom stereocenters. The molecule has 3 rings (SSSR count). The van der Waals surface area contributed by atoms with E-state index in [1.165, 1.54) is 11.1 Å². The van der Waals surface area contributed by atoms with Gasteiger partial charge in [-0.1, -0.05) is 29.8 Å². The van der Waals surface area contributed by atoms with Gasteiger partial charge in [0.25, 0.3) is 0 Å². The normalized spacial score (nSPS) is 20.2. The number of benzene rings is 1. The number of carbonyl (C=O) groups excluding carboxylic acids is 1. The molecule has 0 saturated carbocycles. The predicted molar refractivity (Wildman–Crippen MR) is 104 cm³/mol. The Balaban J connectivity index is 1.29. The second kappa shape index (κ2) is 10.0. The molecular formula is C21H33N3O2. The van der Waals surface area contributed by atoms with Crippen molar-refractivity contribution in [1.82, 2.24) is 15.1 Å². The fraction of sp³-hybridized carbons (Fsp3) is 0.667. The topological polar surface area (TPSA) is 44.8 Å². The smallest absolute Gasteiger partial charge is 0.223 e. The van der Waals surface area contributed by atoms with Gasteiger partial charge in [0.15, 0.2) is 0 Å². The molecule has 0 aromatic heterocycles. The van der Waals surface area contributed by atoms with Crippen molar-refractivity contribution >= 4 is 5.91 Å². The summed E-state index contributed by atoms with van der Waals surface area (Å²) in [5.41, 5.74) is 2.67. The highest BCUT2D eigenvalue weighted by Gasteiger charge is 2.24. The molecule has 1 amide bonds. The summed E-state index contributed by atoms with van der Waals surface area (Å²) < 4.78 is 5.36. The van der Waals surface area contributed by atoms with E-state index in [2.05, 4.69) is 46.3 Å². The number of nitrogens with zero attached hydrogens (tertiary/aromatic N) is 2. The van der Waals surface area contributed by atoms with Crippen LogP contribution >= 0.6 is 0 Å². The molecule has 0 spiro atoms. The lowest BCUT2D eigenvalue weighted by atomic mass is 9.95. The molecule has 2 aliphatic rings. The molecule has 1 aromatic rings. The Bertz CT molecular complexity index is 547. The summed E-state index contributed by atoms with van der Waals surface area (Å²) >= 11 is 0. The molecule has 2 fully saturated rings. The van der Waals surface area contributed by atoms with Gasteiger partial charge in [-0.3, -0.25) is 14.6 Å². The van der Waals surface area contributed by atoms with Gasteiger partial charge in [0.1, 0.15) is 0 Å². The number of rotatable bonds is 7. The number of amides is 1. The number of nitrogens with one attached hydrogen (secondary N) is 1. The van der Waals surface area contributed by atoms with Crippen molar-refractivity contribution in [3.63, 3.8) is 0 Å². The van der Waals surface area contributed by atoms with Crippen LogP contribution in [0.4, 0.5) is 0 Å². The van der Waals surface area contributed by atoms with Crippen molar-refractivity contribution in [2.45, 2.75) is 32.7 Å². The lowest BCUT2D eigenvalue weighted by Gasteiger charge is -2.31. The van der Waals surface area contributed by atoms with Crippen molar-refractivity contribution in [1.29, 1.82) is 0 Å². The van der Waals surface area contributed by atoms with Crippen molar-refractivity contribution in [3.05, 3.63) is 35.4 Å². The first kappa shape index (κ1) is 19.3. The number of morpholine rings is 1. The molecule has 2 aliphatic heterocycles. The van der Waals surface area contributed by atoms with Crippen LogP contribution in [0.25, 0.3) is 0 Å². The van der Waals surface area contributed by atoms with Crippen LogP contribution in [-0.2, 0) is 16.1 Å². The summed E-state index contributed by atoms with van der Waals surface area (Å²) in [5, 5.41) is 3.15. The van der Waals surface area contributed by atoms with Crippen molar-refractivity contribution < 1.29 is 9.53 Å². The molecule has 2 heterocycles. The minimum atomic E-state index is 0.188. The zero-order chi connectivity index (χ0) is 18.2. The maximum absolute atomic E-state index is 12.4. The zero-order valence-electron chi connectivity index (χ0n) is 16.1. The third-order valence-electron chi connectivity index (χ3n) is 5.54. The maximum atomic E-state index is 12.4. The molecule has 144 valence electrons. The van der Waals surface area contributed by atoms with Crippen LogP contribution in [-0.4, -0.2) is 68.2 Å². The van der Waals surface area contributed by atoms with Crippen LogP contribution in [0.5, 0.6) is 0 Å².